The molecular weight excluding hydrogens is 645 g/mol. The first-order valence-corrected chi connectivity index (χ1v) is 11.6. The summed E-state index contributed by atoms with van der Waals surface area (Å²) in [6, 6.07) is 4.30. The number of carbonyl (C=O) groups excluding carboxylic acids is 1. The van der Waals surface area contributed by atoms with Crippen LogP contribution in [0.4, 0.5) is 0 Å². The van der Waals surface area contributed by atoms with Gasteiger partial charge in [0.15, 0.2) is 0 Å². The van der Waals surface area contributed by atoms with Gasteiger partial charge in [-0.05, 0) is 92.7 Å². The molecule has 0 fully saturated rings. The molecule has 0 aliphatic carbocycles. The van der Waals surface area contributed by atoms with Crippen LogP contribution in [0.15, 0.2) is 12.1 Å². The molecule has 0 saturated carbocycles. The number of hydrogen-bond donors (Lipinski definition) is 0. The van der Waals surface area contributed by atoms with Crippen LogP contribution in [0.2, 0.25) is 0 Å². The largest absolute Gasteiger partial charge is 0.491 e. The van der Waals surface area contributed by atoms with Crippen molar-refractivity contribution in [2.75, 3.05) is 13.7 Å². The summed E-state index contributed by atoms with van der Waals surface area (Å²) in [5.74, 6) is 0.940. The highest BCUT2D eigenvalue weighted by molar-refractivity contribution is 14.1. The third-order valence-electron chi connectivity index (χ3n) is 3.71. The minimum absolute atomic E-state index is 0.0903. The average molecular weight is 670 g/mol. The molecule has 0 aliphatic rings. The monoisotopic (exact) mass is 670 g/mol. The van der Waals surface area contributed by atoms with Crippen molar-refractivity contribution < 1.29 is 14.3 Å². The number of methoxy groups -OCH3 is 1. The lowest BCUT2D eigenvalue weighted by atomic mass is 10.1. The van der Waals surface area contributed by atoms with Gasteiger partial charge in [-0.3, -0.25) is 4.79 Å². The van der Waals surface area contributed by atoms with Gasteiger partial charge >= 0.3 is 5.97 Å². The van der Waals surface area contributed by atoms with Crippen molar-refractivity contribution in [1.29, 1.82) is 0 Å². The molecular formula is C18H25I3O3. The van der Waals surface area contributed by atoms with Crippen LogP contribution in [0.5, 0.6) is 5.75 Å². The summed E-state index contributed by atoms with van der Waals surface area (Å²) in [6.07, 6.45) is 9.99. The molecule has 0 atom stereocenters. The minimum atomic E-state index is -0.0903. The zero-order valence-electron chi connectivity index (χ0n) is 14.1. The Labute approximate surface area is 186 Å². The molecule has 1 rings (SSSR count). The third kappa shape index (κ3) is 9.98. The standard InChI is InChI=1S/C18H25I3O3/c1-23-17(22)10-8-6-4-2-3-5-7-9-11-24-18-15(20)12-14(19)13-16(18)21/h12-13H,2-11H2,1H3. The molecule has 0 aromatic heterocycles. The van der Waals surface area contributed by atoms with E-state index in [0.717, 1.165) is 31.6 Å². The molecule has 0 N–H and O–H groups in total. The lowest BCUT2D eigenvalue weighted by molar-refractivity contribution is -0.140. The van der Waals surface area contributed by atoms with Crippen LogP contribution in [0.3, 0.4) is 0 Å². The third-order valence-corrected chi connectivity index (χ3v) is 5.94. The first-order chi connectivity index (χ1) is 11.5. The van der Waals surface area contributed by atoms with E-state index in [1.807, 2.05) is 0 Å². The molecule has 1 aromatic carbocycles. The van der Waals surface area contributed by atoms with Crippen molar-refractivity contribution in [2.45, 2.75) is 57.8 Å². The minimum Gasteiger partial charge on any atom is -0.491 e. The molecule has 0 amide bonds. The number of esters is 1. The Morgan fingerprint density at radius 2 is 1.38 bits per heavy atom. The normalized spacial score (nSPS) is 10.7. The highest BCUT2D eigenvalue weighted by atomic mass is 127. The van der Waals surface area contributed by atoms with Gasteiger partial charge < -0.3 is 9.47 Å². The topological polar surface area (TPSA) is 35.5 Å². The zero-order valence-corrected chi connectivity index (χ0v) is 20.6. The van der Waals surface area contributed by atoms with Gasteiger partial charge in [0.1, 0.15) is 5.75 Å². The van der Waals surface area contributed by atoms with Gasteiger partial charge in [0.2, 0.25) is 0 Å². The number of ether oxygens (including phenoxy) is 2. The molecule has 0 radical (unpaired) electrons. The van der Waals surface area contributed by atoms with Gasteiger partial charge in [-0.25, -0.2) is 0 Å². The maximum absolute atomic E-state index is 11.0. The summed E-state index contributed by atoms with van der Waals surface area (Å²) < 4.78 is 14.2. The molecule has 0 saturated heterocycles. The van der Waals surface area contributed by atoms with Crippen LogP contribution in [0.25, 0.3) is 0 Å². The fourth-order valence-electron chi connectivity index (χ4n) is 2.38. The predicted octanol–water partition coefficient (Wildman–Crippen LogP) is 6.56. The fourth-order valence-corrected chi connectivity index (χ4v) is 6.27. The summed E-state index contributed by atoms with van der Waals surface area (Å²) in [5.41, 5.74) is 0. The summed E-state index contributed by atoms with van der Waals surface area (Å²) in [6.45, 7) is 0.797. The summed E-state index contributed by atoms with van der Waals surface area (Å²) in [7, 11) is 1.45. The van der Waals surface area contributed by atoms with Crippen LogP contribution in [0.1, 0.15) is 57.8 Å². The van der Waals surface area contributed by atoms with E-state index in [0.29, 0.717) is 6.42 Å². The maximum atomic E-state index is 11.0. The Hall–Kier alpha value is 0.680. The lowest BCUT2D eigenvalue weighted by Crippen LogP contribution is -2.01. The Morgan fingerprint density at radius 3 is 1.92 bits per heavy atom. The van der Waals surface area contributed by atoms with Crippen molar-refractivity contribution in [3.8, 4) is 5.75 Å². The average Bonchev–Trinajstić information content (AvgIpc) is 2.54. The van der Waals surface area contributed by atoms with Gasteiger partial charge in [0.25, 0.3) is 0 Å². The quantitative estimate of drug-likeness (QED) is 0.144. The fraction of sp³-hybridized carbons (Fsp3) is 0.611. The van der Waals surface area contributed by atoms with Crippen LogP contribution >= 0.6 is 67.8 Å². The number of unbranched alkanes of at least 4 members (excludes halogenated alkanes) is 7. The number of halogens is 3. The van der Waals surface area contributed by atoms with Crippen LogP contribution in [-0.4, -0.2) is 19.7 Å². The van der Waals surface area contributed by atoms with E-state index in [1.54, 1.807) is 0 Å². The van der Waals surface area contributed by atoms with Crippen molar-refractivity contribution in [3.05, 3.63) is 22.8 Å². The first-order valence-electron chi connectivity index (χ1n) is 8.38. The van der Waals surface area contributed by atoms with Crippen LogP contribution < -0.4 is 4.74 Å². The second-order valence-corrected chi connectivity index (χ2v) is 9.27. The summed E-state index contributed by atoms with van der Waals surface area (Å²) >= 11 is 7.03. The lowest BCUT2D eigenvalue weighted by Gasteiger charge is -2.11. The van der Waals surface area contributed by atoms with Crippen LogP contribution in [-0.2, 0) is 9.53 Å². The molecule has 0 spiro atoms. The van der Waals surface area contributed by atoms with E-state index in [-0.39, 0.29) is 5.97 Å². The molecule has 0 bridgehead atoms. The van der Waals surface area contributed by atoms with Crippen molar-refractivity contribution >= 4 is 73.7 Å². The maximum Gasteiger partial charge on any atom is 0.305 e. The zero-order chi connectivity index (χ0) is 17.8. The Morgan fingerprint density at radius 1 is 0.875 bits per heavy atom. The van der Waals surface area contributed by atoms with Crippen molar-refractivity contribution in [2.24, 2.45) is 0 Å². The Balaban J connectivity index is 1.99. The van der Waals surface area contributed by atoms with Gasteiger partial charge in [0.05, 0.1) is 20.9 Å². The van der Waals surface area contributed by atoms with E-state index < -0.39 is 0 Å². The van der Waals surface area contributed by atoms with E-state index in [1.165, 1.54) is 49.9 Å². The smallest absolute Gasteiger partial charge is 0.305 e. The van der Waals surface area contributed by atoms with Gasteiger partial charge in [-0.15, -0.1) is 0 Å². The van der Waals surface area contributed by atoms with Gasteiger partial charge in [-0.2, -0.15) is 0 Å². The predicted molar refractivity (Wildman–Crippen MR) is 124 cm³/mol. The highest BCUT2D eigenvalue weighted by Crippen LogP contribution is 2.29. The molecule has 136 valence electrons. The number of rotatable bonds is 12. The number of benzene rings is 1. The molecule has 0 unspecified atom stereocenters. The van der Waals surface area contributed by atoms with Crippen LogP contribution in [0, 0.1) is 10.7 Å². The van der Waals surface area contributed by atoms with E-state index in [9.17, 15) is 4.79 Å². The van der Waals surface area contributed by atoms with Crippen molar-refractivity contribution in [3.63, 3.8) is 0 Å². The molecule has 1 aromatic rings. The summed E-state index contributed by atoms with van der Waals surface area (Å²) in [5, 5.41) is 0. The van der Waals surface area contributed by atoms with Gasteiger partial charge in [0, 0.05) is 9.99 Å². The van der Waals surface area contributed by atoms with E-state index in [4.69, 9.17) is 4.74 Å². The highest BCUT2D eigenvalue weighted by Gasteiger charge is 2.07. The number of hydrogen-bond acceptors (Lipinski definition) is 3. The molecule has 24 heavy (non-hydrogen) atoms. The molecule has 3 nitrogen and oxygen atoms in total. The second-order valence-electron chi connectivity index (χ2n) is 5.70. The Bertz CT molecular complexity index is 483. The van der Waals surface area contributed by atoms with E-state index in [2.05, 4.69) is 84.6 Å². The second kappa shape index (κ2) is 13.8. The Kier molecular flexibility index (Phi) is 13.1. The molecule has 0 heterocycles. The SMILES string of the molecule is COC(=O)CCCCCCCCCCOc1c(I)cc(I)cc1I. The van der Waals surface area contributed by atoms with E-state index >= 15 is 0 Å². The molecule has 0 aliphatic heterocycles. The van der Waals surface area contributed by atoms with Crippen molar-refractivity contribution in [1.82, 2.24) is 0 Å². The van der Waals surface area contributed by atoms with Gasteiger partial charge in [-0.1, -0.05) is 38.5 Å². The number of carbonyl (C=O) groups is 1. The first kappa shape index (κ1) is 22.7. The summed E-state index contributed by atoms with van der Waals surface area (Å²) in [4.78, 5) is 11.0. The molecule has 6 heteroatoms.